The Hall–Kier alpha value is -2.16. The summed E-state index contributed by atoms with van der Waals surface area (Å²) in [6.07, 6.45) is 0. The number of hydrogen-bond acceptors (Lipinski definition) is 3. The molecule has 0 atom stereocenters. The summed E-state index contributed by atoms with van der Waals surface area (Å²) in [4.78, 5) is 0. The molecule has 0 saturated heterocycles. The van der Waals surface area contributed by atoms with Crippen molar-refractivity contribution in [2.75, 3.05) is 19.5 Å². The first kappa shape index (κ1) is 13.3. The molecule has 0 aliphatic carbocycles. The summed E-state index contributed by atoms with van der Waals surface area (Å²) in [7, 11) is 3.35. The predicted molar refractivity (Wildman–Crippen MR) is 78.1 cm³/mol. The lowest BCUT2D eigenvalue weighted by atomic mass is 10.1. The van der Waals surface area contributed by atoms with Gasteiger partial charge in [0.05, 0.1) is 14.2 Å². The van der Waals surface area contributed by atoms with Crippen LogP contribution in [0.4, 0.5) is 5.69 Å². The third-order valence-corrected chi connectivity index (χ3v) is 3.10. The molecular weight excluding hydrogens is 238 g/mol. The van der Waals surface area contributed by atoms with E-state index in [0.717, 1.165) is 22.7 Å². The van der Waals surface area contributed by atoms with Crippen LogP contribution in [0.1, 0.15) is 11.1 Å². The summed E-state index contributed by atoms with van der Waals surface area (Å²) in [6.45, 7) is 2.79. The molecule has 0 aliphatic heterocycles. The maximum atomic E-state index is 5.37. The molecule has 2 aromatic carbocycles. The van der Waals surface area contributed by atoms with Crippen molar-refractivity contribution in [2.45, 2.75) is 13.5 Å². The summed E-state index contributed by atoms with van der Waals surface area (Å²) in [6, 6.07) is 14.0. The third-order valence-electron chi connectivity index (χ3n) is 3.10. The van der Waals surface area contributed by atoms with Crippen LogP contribution in [-0.2, 0) is 6.54 Å². The van der Waals surface area contributed by atoms with Crippen molar-refractivity contribution in [3.05, 3.63) is 53.6 Å². The molecule has 19 heavy (non-hydrogen) atoms. The third kappa shape index (κ3) is 3.19. The highest BCUT2D eigenvalue weighted by Crippen LogP contribution is 2.25. The number of nitrogens with one attached hydrogen (secondary N) is 1. The van der Waals surface area contributed by atoms with Crippen LogP contribution < -0.4 is 14.8 Å². The molecular formula is C16H19NO2. The van der Waals surface area contributed by atoms with Gasteiger partial charge >= 0.3 is 0 Å². The van der Waals surface area contributed by atoms with Crippen LogP contribution in [0.15, 0.2) is 42.5 Å². The van der Waals surface area contributed by atoms with Gasteiger partial charge in [-0.05, 0) is 36.8 Å². The summed E-state index contributed by atoms with van der Waals surface area (Å²) in [5, 5.41) is 3.42. The van der Waals surface area contributed by atoms with Crippen LogP contribution in [-0.4, -0.2) is 14.2 Å². The number of aryl methyl sites for hydroxylation is 1. The lowest BCUT2D eigenvalue weighted by Crippen LogP contribution is -2.03. The Labute approximate surface area is 114 Å². The number of methoxy groups -OCH3 is 2. The summed E-state index contributed by atoms with van der Waals surface area (Å²) < 4.78 is 10.6. The standard InChI is InChI=1S/C16H19NO2/c1-12-6-4-5-7-15(12)17-11-13-10-14(18-2)8-9-16(13)19-3/h4-10,17H,11H2,1-3H3. The Morgan fingerprint density at radius 2 is 1.79 bits per heavy atom. The number of rotatable bonds is 5. The molecule has 3 heteroatoms. The van der Waals surface area contributed by atoms with E-state index in [4.69, 9.17) is 9.47 Å². The van der Waals surface area contributed by atoms with Gasteiger partial charge in [-0.1, -0.05) is 18.2 Å². The zero-order valence-electron chi connectivity index (χ0n) is 11.6. The molecule has 100 valence electrons. The molecule has 0 aromatic heterocycles. The van der Waals surface area contributed by atoms with E-state index >= 15 is 0 Å². The van der Waals surface area contributed by atoms with Crippen LogP contribution >= 0.6 is 0 Å². The second kappa shape index (κ2) is 6.14. The van der Waals surface area contributed by atoms with Crippen molar-refractivity contribution < 1.29 is 9.47 Å². The molecule has 0 fully saturated rings. The summed E-state index contributed by atoms with van der Waals surface area (Å²) >= 11 is 0. The van der Waals surface area contributed by atoms with E-state index in [9.17, 15) is 0 Å². The Balaban J connectivity index is 2.16. The molecule has 2 rings (SSSR count). The van der Waals surface area contributed by atoms with E-state index in [1.807, 2.05) is 30.3 Å². The van der Waals surface area contributed by atoms with Crippen molar-refractivity contribution in [2.24, 2.45) is 0 Å². The fourth-order valence-corrected chi connectivity index (χ4v) is 1.98. The minimum atomic E-state index is 0.700. The maximum absolute atomic E-state index is 5.37. The number of hydrogen-bond donors (Lipinski definition) is 1. The SMILES string of the molecule is COc1ccc(OC)c(CNc2ccccc2C)c1. The summed E-state index contributed by atoms with van der Waals surface area (Å²) in [5.74, 6) is 1.70. The van der Waals surface area contributed by atoms with E-state index in [-0.39, 0.29) is 0 Å². The largest absolute Gasteiger partial charge is 0.497 e. The van der Waals surface area contributed by atoms with Gasteiger partial charge in [-0.25, -0.2) is 0 Å². The van der Waals surface area contributed by atoms with Crippen LogP contribution in [0, 0.1) is 6.92 Å². The van der Waals surface area contributed by atoms with E-state index < -0.39 is 0 Å². The van der Waals surface area contributed by atoms with Gasteiger partial charge in [0.2, 0.25) is 0 Å². The summed E-state index contributed by atoms with van der Waals surface area (Å²) in [5.41, 5.74) is 3.43. The van der Waals surface area contributed by atoms with Gasteiger partial charge in [-0.15, -0.1) is 0 Å². The predicted octanol–water partition coefficient (Wildman–Crippen LogP) is 3.62. The first-order valence-electron chi connectivity index (χ1n) is 6.25. The monoisotopic (exact) mass is 257 g/mol. The Kier molecular flexibility index (Phi) is 4.29. The fraction of sp³-hybridized carbons (Fsp3) is 0.250. The van der Waals surface area contributed by atoms with Crippen molar-refractivity contribution >= 4 is 5.69 Å². The topological polar surface area (TPSA) is 30.5 Å². The Bertz CT molecular complexity index is 552. The highest BCUT2D eigenvalue weighted by molar-refractivity contribution is 5.52. The minimum Gasteiger partial charge on any atom is -0.497 e. The van der Waals surface area contributed by atoms with Gasteiger partial charge in [-0.2, -0.15) is 0 Å². The molecule has 0 saturated carbocycles. The lowest BCUT2D eigenvalue weighted by Gasteiger charge is -2.13. The van der Waals surface area contributed by atoms with Crippen molar-refractivity contribution in [1.82, 2.24) is 0 Å². The van der Waals surface area contributed by atoms with E-state index in [2.05, 4.69) is 24.4 Å². The quantitative estimate of drug-likeness (QED) is 0.887. The number of para-hydroxylation sites is 1. The molecule has 0 radical (unpaired) electrons. The van der Waals surface area contributed by atoms with Gasteiger partial charge in [0.1, 0.15) is 11.5 Å². The molecule has 0 aliphatic rings. The zero-order chi connectivity index (χ0) is 13.7. The normalized spacial score (nSPS) is 10.1. The fourth-order valence-electron chi connectivity index (χ4n) is 1.98. The second-order valence-corrected chi connectivity index (χ2v) is 4.35. The van der Waals surface area contributed by atoms with Crippen molar-refractivity contribution in [1.29, 1.82) is 0 Å². The van der Waals surface area contributed by atoms with Crippen LogP contribution in [0.5, 0.6) is 11.5 Å². The average Bonchev–Trinajstić information content (AvgIpc) is 2.46. The van der Waals surface area contributed by atoms with Gasteiger partial charge < -0.3 is 14.8 Å². The molecule has 0 amide bonds. The Morgan fingerprint density at radius 1 is 1.00 bits per heavy atom. The number of ether oxygens (including phenoxy) is 2. The van der Waals surface area contributed by atoms with E-state index in [1.54, 1.807) is 14.2 Å². The smallest absolute Gasteiger partial charge is 0.124 e. The first-order valence-corrected chi connectivity index (χ1v) is 6.25. The molecule has 2 aromatic rings. The molecule has 0 unspecified atom stereocenters. The molecule has 3 nitrogen and oxygen atoms in total. The van der Waals surface area contributed by atoms with Gasteiger partial charge in [0.15, 0.2) is 0 Å². The molecule has 0 spiro atoms. The Morgan fingerprint density at radius 3 is 2.47 bits per heavy atom. The second-order valence-electron chi connectivity index (χ2n) is 4.35. The molecule has 0 bridgehead atoms. The van der Waals surface area contributed by atoms with E-state index in [1.165, 1.54) is 5.56 Å². The lowest BCUT2D eigenvalue weighted by molar-refractivity contribution is 0.399. The zero-order valence-corrected chi connectivity index (χ0v) is 11.6. The molecule has 0 heterocycles. The highest BCUT2D eigenvalue weighted by Gasteiger charge is 2.05. The van der Waals surface area contributed by atoms with Gasteiger partial charge in [0.25, 0.3) is 0 Å². The maximum Gasteiger partial charge on any atom is 0.124 e. The van der Waals surface area contributed by atoms with Crippen LogP contribution in [0.3, 0.4) is 0 Å². The van der Waals surface area contributed by atoms with Gasteiger partial charge in [-0.3, -0.25) is 0 Å². The van der Waals surface area contributed by atoms with Crippen LogP contribution in [0.2, 0.25) is 0 Å². The number of anilines is 1. The van der Waals surface area contributed by atoms with Crippen molar-refractivity contribution in [3.8, 4) is 11.5 Å². The van der Waals surface area contributed by atoms with Crippen molar-refractivity contribution in [3.63, 3.8) is 0 Å². The van der Waals surface area contributed by atoms with Gasteiger partial charge in [0, 0.05) is 17.8 Å². The average molecular weight is 257 g/mol. The minimum absolute atomic E-state index is 0.700. The first-order chi connectivity index (χ1) is 9.24. The number of benzene rings is 2. The highest BCUT2D eigenvalue weighted by atomic mass is 16.5. The molecule has 1 N–H and O–H groups in total. The van der Waals surface area contributed by atoms with E-state index in [0.29, 0.717) is 6.54 Å². The van der Waals surface area contributed by atoms with Crippen LogP contribution in [0.25, 0.3) is 0 Å².